The number of para-hydroxylation sites is 1. The maximum atomic E-state index is 12.7. The Kier molecular flexibility index (Phi) is 3.04. The van der Waals surface area contributed by atoms with Crippen molar-refractivity contribution in [1.29, 1.82) is 0 Å². The maximum Gasteiger partial charge on any atom is 0.255 e. The number of nitrogens with zero attached hydrogens (tertiary/aromatic N) is 3. The number of amides is 1. The quantitative estimate of drug-likeness (QED) is 0.782. The van der Waals surface area contributed by atoms with E-state index in [0.717, 1.165) is 16.5 Å². The number of H-pyrrole nitrogens is 1. The van der Waals surface area contributed by atoms with Crippen LogP contribution in [-0.4, -0.2) is 27.0 Å². The summed E-state index contributed by atoms with van der Waals surface area (Å²) in [6, 6.07) is 9.40. The molecule has 1 aliphatic rings. The van der Waals surface area contributed by atoms with Gasteiger partial charge in [-0.2, -0.15) is 0 Å². The minimum atomic E-state index is -0.102. The predicted octanol–water partition coefficient (Wildman–Crippen LogP) is 1.62. The first-order valence-electron chi connectivity index (χ1n) is 7.57. The summed E-state index contributed by atoms with van der Waals surface area (Å²) < 4.78 is 1.56. The van der Waals surface area contributed by atoms with Gasteiger partial charge in [0.15, 0.2) is 0 Å². The highest BCUT2D eigenvalue weighted by atomic mass is 16.2. The number of benzene rings is 1. The molecule has 6 nitrogen and oxygen atoms in total. The van der Waals surface area contributed by atoms with Crippen LogP contribution in [0.15, 0.2) is 41.3 Å². The summed E-state index contributed by atoms with van der Waals surface area (Å²) in [4.78, 5) is 33.8. The number of aromatic nitrogens is 3. The number of hydrogen-bond acceptors (Lipinski definition) is 3. The molecule has 0 atom stereocenters. The predicted molar refractivity (Wildman–Crippen MR) is 87.6 cm³/mol. The molecule has 2 aromatic heterocycles. The lowest BCUT2D eigenvalue weighted by Gasteiger charge is -2.15. The molecule has 3 heterocycles. The standard InChI is InChI=1S/C17H16N4O2/c1-11-8-15(22)20-6-7-21(17(20)19-11)16(23)9-12-10-18-14-5-3-2-4-13(12)14/h2-5,8,10,18H,6-7,9H2,1H3. The molecule has 23 heavy (non-hydrogen) atoms. The number of rotatable bonds is 2. The first-order chi connectivity index (χ1) is 11.1. The summed E-state index contributed by atoms with van der Waals surface area (Å²) >= 11 is 0. The Balaban J connectivity index is 1.66. The van der Waals surface area contributed by atoms with Gasteiger partial charge in [0.1, 0.15) is 0 Å². The number of anilines is 1. The van der Waals surface area contributed by atoms with Gasteiger partial charge in [-0.3, -0.25) is 19.1 Å². The van der Waals surface area contributed by atoms with Gasteiger partial charge in [-0.05, 0) is 18.6 Å². The Morgan fingerprint density at radius 3 is 3.00 bits per heavy atom. The molecule has 3 aromatic rings. The van der Waals surface area contributed by atoms with Crippen molar-refractivity contribution >= 4 is 22.8 Å². The van der Waals surface area contributed by atoms with E-state index in [4.69, 9.17) is 0 Å². The van der Waals surface area contributed by atoms with Gasteiger partial charge in [-0.1, -0.05) is 18.2 Å². The summed E-state index contributed by atoms with van der Waals surface area (Å²) in [5.74, 6) is 0.415. The zero-order valence-corrected chi connectivity index (χ0v) is 12.7. The van der Waals surface area contributed by atoms with Crippen molar-refractivity contribution in [2.75, 3.05) is 11.4 Å². The van der Waals surface area contributed by atoms with Gasteiger partial charge in [0.05, 0.1) is 6.42 Å². The number of aryl methyl sites for hydroxylation is 1. The van der Waals surface area contributed by atoms with Crippen molar-refractivity contribution in [3.8, 4) is 0 Å². The fourth-order valence-corrected chi connectivity index (χ4v) is 3.09. The minimum absolute atomic E-state index is 0.0431. The van der Waals surface area contributed by atoms with E-state index in [0.29, 0.717) is 24.7 Å². The zero-order valence-electron chi connectivity index (χ0n) is 12.7. The van der Waals surface area contributed by atoms with Gasteiger partial charge in [-0.15, -0.1) is 0 Å². The highest BCUT2D eigenvalue weighted by Crippen LogP contribution is 2.22. The lowest BCUT2D eigenvalue weighted by molar-refractivity contribution is -0.117. The zero-order chi connectivity index (χ0) is 16.0. The molecule has 0 unspecified atom stereocenters. The van der Waals surface area contributed by atoms with Crippen LogP contribution in [0.1, 0.15) is 11.3 Å². The normalized spacial score (nSPS) is 13.5. The molecule has 4 rings (SSSR count). The van der Waals surface area contributed by atoms with Gasteiger partial charge in [0.25, 0.3) is 5.56 Å². The Morgan fingerprint density at radius 2 is 2.13 bits per heavy atom. The van der Waals surface area contributed by atoms with Crippen molar-refractivity contribution in [3.05, 3.63) is 58.1 Å². The third-order valence-electron chi connectivity index (χ3n) is 4.22. The van der Waals surface area contributed by atoms with Gasteiger partial charge in [0, 0.05) is 41.9 Å². The topological polar surface area (TPSA) is 71.0 Å². The molecule has 116 valence electrons. The summed E-state index contributed by atoms with van der Waals surface area (Å²) in [6.45, 7) is 2.76. The monoisotopic (exact) mass is 308 g/mol. The van der Waals surface area contributed by atoms with E-state index in [1.165, 1.54) is 6.07 Å². The molecule has 0 spiro atoms. The van der Waals surface area contributed by atoms with Crippen LogP contribution in [-0.2, 0) is 17.8 Å². The molecule has 0 bridgehead atoms. The molecule has 1 N–H and O–H groups in total. The van der Waals surface area contributed by atoms with Crippen molar-refractivity contribution in [3.63, 3.8) is 0 Å². The smallest absolute Gasteiger partial charge is 0.255 e. The molecule has 0 saturated carbocycles. The maximum absolute atomic E-state index is 12.7. The average molecular weight is 308 g/mol. The highest BCUT2D eigenvalue weighted by Gasteiger charge is 2.27. The van der Waals surface area contributed by atoms with E-state index in [2.05, 4.69) is 9.97 Å². The summed E-state index contributed by atoms with van der Waals surface area (Å²) in [5.41, 5.74) is 2.50. The van der Waals surface area contributed by atoms with E-state index in [9.17, 15) is 9.59 Å². The molecule has 1 aromatic carbocycles. The van der Waals surface area contributed by atoms with Crippen molar-refractivity contribution in [1.82, 2.24) is 14.5 Å². The van der Waals surface area contributed by atoms with Crippen LogP contribution < -0.4 is 10.5 Å². The van der Waals surface area contributed by atoms with Crippen LogP contribution in [0.4, 0.5) is 5.95 Å². The molecular weight excluding hydrogens is 292 g/mol. The third kappa shape index (κ3) is 2.23. The van der Waals surface area contributed by atoms with Crippen LogP contribution in [0.5, 0.6) is 0 Å². The highest BCUT2D eigenvalue weighted by molar-refractivity contribution is 5.96. The Hall–Kier alpha value is -2.89. The van der Waals surface area contributed by atoms with Crippen molar-refractivity contribution < 1.29 is 4.79 Å². The first-order valence-corrected chi connectivity index (χ1v) is 7.57. The largest absolute Gasteiger partial charge is 0.361 e. The number of hydrogen-bond donors (Lipinski definition) is 1. The van der Waals surface area contributed by atoms with Crippen LogP contribution in [0.3, 0.4) is 0 Å². The molecule has 0 saturated heterocycles. The molecule has 6 heteroatoms. The number of carbonyl (C=O) groups excluding carboxylic acids is 1. The fourth-order valence-electron chi connectivity index (χ4n) is 3.09. The van der Waals surface area contributed by atoms with Crippen LogP contribution in [0, 0.1) is 6.92 Å². The molecule has 1 aliphatic heterocycles. The second-order valence-electron chi connectivity index (χ2n) is 5.77. The Labute approximate surface area is 132 Å². The van der Waals surface area contributed by atoms with Crippen molar-refractivity contribution in [2.24, 2.45) is 0 Å². The Morgan fingerprint density at radius 1 is 1.30 bits per heavy atom. The second-order valence-corrected chi connectivity index (χ2v) is 5.77. The fraction of sp³-hybridized carbons (Fsp3) is 0.235. The minimum Gasteiger partial charge on any atom is -0.361 e. The summed E-state index contributed by atoms with van der Waals surface area (Å²) in [7, 11) is 0. The molecule has 1 amide bonds. The lowest BCUT2D eigenvalue weighted by atomic mass is 10.1. The van der Waals surface area contributed by atoms with E-state index in [1.54, 1.807) is 16.4 Å². The van der Waals surface area contributed by atoms with E-state index < -0.39 is 0 Å². The number of nitrogens with one attached hydrogen (secondary N) is 1. The van der Waals surface area contributed by atoms with Crippen LogP contribution in [0.2, 0.25) is 0 Å². The van der Waals surface area contributed by atoms with Gasteiger partial charge in [-0.25, -0.2) is 4.98 Å². The van der Waals surface area contributed by atoms with E-state index in [-0.39, 0.29) is 17.9 Å². The Bertz CT molecular complexity index is 970. The number of carbonyl (C=O) groups is 1. The van der Waals surface area contributed by atoms with Gasteiger partial charge >= 0.3 is 0 Å². The SMILES string of the molecule is Cc1cc(=O)n2c(n1)N(C(=O)Cc1c[nH]c3ccccc13)CC2. The van der Waals surface area contributed by atoms with Crippen molar-refractivity contribution in [2.45, 2.75) is 19.9 Å². The molecule has 0 fully saturated rings. The molecule has 0 radical (unpaired) electrons. The van der Waals surface area contributed by atoms with E-state index in [1.807, 2.05) is 30.5 Å². The second kappa shape index (κ2) is 5.08. The van der Waals surface area contributed by atoms with Crippen LogP contribution in [0.25, 0.3) is 10.9 Å². The van der Waals surface area contributed by atoms with Gasteiger partial charge < -0.3 is 4.98 Å². The first kappa shape index (κ1) is 13.8. The number of fused-ring (bicyclic) bond motifs is 2. The summed E-state index contributed by atoms with van der Waals surface area (Å²) in [5, 5.41) is 1.05. The average Bonchev–Trinajstić information content (AvgIpc) is 3.12. The third-order valence-corrected chi connectivity index (χ3v) is 4.22. The molecular formula is C17H16N4O2. The summed E-state index contributed by atoms with van der Waals surface area (Å²) in [6.07, 6.45) is 2.16. The molecule has 0 aliphatic carbocycles. The van der Waals surface area contributed by atoms with E-state index >= 15 is 0 Å². The van der Waals surface area contributed by atoms with Crippen LogP contribution >= 0.6 is 0 Å². The van der Waals surface area contributed by atoms with Gasteiger partial charge in [0.2, 0.25) is 11.9 Å². The number of aromatic amines is 1. The lowest BCUT2D eigenvalue weighted by Crippen LogP contribution is -2.31.